The van der Waals surface area contributed by atoms with Gasteiger partial charge < -0.3 is 13.7 Å². The first kappa shape index (κ1) is 64.7. The van der Waals surface area contributed by atoms with Gasteiger partial charge in [-0.1, -0.05) is 266 Å². The molecule has 91 heavy (non-hydrogen) atoms. The van der Waals surface area contributed by atoms with Crippen LogP contribution in [-0.2, 0) is 27.4 Å². The fraction of sp³-hybridized carbons (Fsp3) is 0.253. The largest absolute Gasteiger partial charge is 0.335 e. The summed E-state index contributed by atoms with van der Waals surface area (Å²) in [5.41, 5.74) is 21.6. The molecule has 0 unspecified atom stereocenters. The number of rotatable bonds is 3. The molecule has 0 aliphatic carbocycles. The Bertz CT molecular complexity index is 4560. The van der Waals surface area contributed by atoms with Gasteiger partial charge in [-0.2, -0.15) is 0 Å². The summed E-state index contributed by atoms with van der Waals surface area (Å²) in [6, 6.07) is 88.9. The second kappa shape index (κ2) is 26.3. The minimum Gasteiger partial charge on any atom is -0.335 e. The van der Waals surface area contributed by atoms with E-state index in [1.54, 1.807) is 0 Å². The normalized spacial score (nSPS) is 12.0. The van der Waals surface area contributed by atoms with E-state index in [4.69, 9.17) is 0 Å². The Hall–Kier alpha value is -9.25. The van der Waals surface area contributed by atoms with E-state index in [1.165, 1.54) is 121 Å². The van der Waals surface area contributed by atoms with Crippen molar-refractivity contribution in [2.75, 3.05) is 0 Å². The molecule has 0 aliphatic heterocycles. The molecule has 0 bridgehead atoms. The maximum Gasteiger partial charge on any atom is 0.0576 e. The molecule has 0 fully saturated rings. The van der Waals surface area contributed by atoms with Gasteiger partial charge >= 0.3 is 0 Å². The van der Waals surface area contributed by atoms with Gasteiger partial charge in [-0.25, -0.2) is 0 Å². The average molecular weight is 1200 g/mol. The monoisotopic (exact) mass is 1190 g/mol. The number of para-hydroxylation sites is 6. The topological polar surface area (TPSA) is 27.7 Å². The number of hydrogen-bond donors (Lipinski definition) is 0. The predicted molar refractivity (Wildman–Crippen MR) is 397 cm³/mol. The van der Waals surface area contributed by atoms with Crippen molar-refractivity contribution in [3.05, 3.63) is 283 Å². The van der Waals surface area contributed by atoms with E-state index in [2.05, 4.69) is 385 Å². The average Bonchev–Trinajstić information content (AvgIpc) is 1.59. The van der Waals surface area contributed by atoms with Gasteiger partial charge in [0.1, 0.15) is 0 Å². The summed E-state index contributed by atoms with van der Waals surface area (Å²) in [4.78, 5) is 4.06. The molecule has 0 amide bonds. The number of benzene rings is 10. The Kier molecular flexibility index (Phi) is 18.7. The first-order valence-electron chi connectivity index (χ1n) is 32.5. The lowest BCUT2D eigenvalue weighted by Crippen LogP contribution is -2.22. The van der Waals surface area contributed by atoms with Crippen LogP contribution in [0.3, 0.4) is 0 Å². The van der Waals surface area contributed by atoms with Crippen molar-refractivity contribution in [2.45, 2.75) is 145 Å². The highest BCUT2D eigenvalue weighted by molar-refractivity contribution is 6.17. The molecular formula is C87H94N4. The van der Waals surface area contributed by atoms with Crippen molar-refractivity contribution < 1.29 is 0 Å². The molecule has 0 saturated carbocycles. The highest BCUT2D eigenvalue weighted by atomic mass is 15.1. The number of aromatic nitrogens is 4. The van der Waals surface area contributed by atoms with Crippen LogP contribution in [0.4, 0.5) is 0 Å². The number of hydrogen-bond acceptors (Lipinski definition) is 1. The van der Waals surface area contributed by atoms with Gasteiger partial charge in [0.2, 0.25) is 0 Å². The fourth-order valence-electron chi connectivity index (χ4n) is 13.4. The molecule has 10 aromatic carbocycles. The summed E-state index contributed by atoms with van der Waals surface area (Å²) in [5.74, 6) is 0. The second-order valence-corrected chi connectivity index (χ2v) is 29.3. The van der Waals surface area contributed by atoms with Gasteiger partial charge in [0, 0.05) is 94.6 Å². The third-order valence-corrected chi connectivity index (χ3v) is 17.1. The summed E-state index contributed by atoms with van der Waals surface area (Å²) in [6.45, 7) is 38.2. The van der Waals surface area contributed by atoms with Gasteiger partial charge in [-0.05, 0) is 150 Å². The Balaban J connectivity index is 0.000000131. The van der Waals surface area contributed by atoms with E-state index < -0.39 is 0 Å². The van der Waals surface area contributed by atoms with Gasteiger partial charge in [0.05, 0.1) is 16.6 Å². The van der Waals surface area contributed by atoms with Crippen LogP contribution in [0.2, 0.25) is 0 Å². The molecule has 4 aromatic heterocycles. The van der Waals surface area contributed by atoms with Crippen LogP contribution >= 0.6 is 0 Å². The minimum atomic E-state index is -0.0598. The molecule has 0 atom stereocenters. The van der Waals surface area contributed by atoms with Crippen LogP contribution in [0.1, 0.15) is 126 Å². The molecule has 4 nitrogen and oxygen atoms in total. The zero-order valence-corrected chi connectivity index (χ0v) is 57.1. The van der Waals surface area contributed by atoms with E-state index in [1.807, 2.05) is 12.4 Å². The molecular weight excluding hydrogens is 1100 g/mol. The van der Waals surface area contributed by atoms with Crippen LogP contribution < -0.4 is 0 Å². The molecule has 462 valence electrons. The molecule has 4 heterocycles. The molecule has 14 rings (SSSR count). The zero-order chi connectivity index (χ0) is 65.0. The highest BCUT2D eigenvalue weighted by Crippen LogP contribution is 2.44. The van der Waals surface area contributed by atoms with Crippen molar-refractivity contribution in [3.8, 4) is 33.4 Å². The Morgan fingerprint density at radius 2 is 0.549 bits per heavy atom. The van der Waals surface area contributed by atoms with Crippen molar-refractivity contribution in [3.63, 3.8) is 0 Å². The lowest BCUT2D eigenvalue weighted by atomic mass is 9.84. The smallest absolute Gasteiger partial charge is 0.0576 e. The maximum atomic E-state index is 4.06. The number of nitrogens with zero attached hydrogens (tertiary/aromatic N) is 4. The fourth-order valence-corrected chi connectivity index (χ4v) is 13.4. The van der Waals surface area contributed by atoms with Gasteiger partial charge in [-0.15, -0.1) is 0 Å². The van der Waals surface area contributed by atoms with Crippen LogP contribution in [0.25, 0.3) is 98.8 Å². The van der Waals surface area contributed by atoms with Crippen molar-refractivity contribution >= 4 is 65.4 Å². The molecule has 0 aliphatic rings. The maximum absolute atomic E-state index is 4.06. The van der Waals surface area contributed by atoms with Gasteiger partial charge in [0.25, 0.3) is 0 Å². The van der Waals surface area contributed by atoms with Gasteiger partial charge in [0.15, 0.2) is 0 Å². The molecule has 0 spiro atoms. The Morgan fingerprint density at radius 1 is 0.253 bits per heavy atom. The Morgan fingerprint density at radius 3 is 0.890 bits per heavy atom. The second-order valence-electron chi connectivity index (χ2n) is 29.3. The first-order valence-corrected chi connectivity index (χ1v) is 32.5. The van der Waals surface area contributed by atoms with E-state index in [-0.39, 0.29) is 27.4 Å². The van der Waals surface area contributed by atoms with Crippen LogP contribution in [0.15, 0.2) is 261 Å². The Labute approximate surface area is 542 Å². The zero-order valence-electron chi connectivity index (χ0n) is 57.1. The molecule has 4 heteroatoms. The van der Waals surface area contributed by atoms with Crippen LogP contribution in [0.5, 0.6) is 0 Å². The summed E-state index contributed by atoms with van der Waals surface area (Å²) in [5, 5.41) is 7.98. The van der Waals surface area contributed by atoms with Crippen molar-refractivity contribution in [1.29, 1.82) is 0 Å². The van der Waals surface area contributed by atoms with Gasteiger partial charge in [-0.3, -0.25) is 4.98 Å². The van der Waals surface area contributed by atoms with E-state index in [9.17, 15) is 0 Å². The standard InChI is InChI=1S/C28H25N.C22H21N.C16H17N.C11H16.C10H15N/c1-28(2,3)29-26-22(20-12-6-4-7-13-20)16-10-18-24(26)25-19-11-17-23(27(25)29)21-14-8-5-9-15-21;1-22(2,3)23-20-15-8-7-12-18(20)19-14-9-13-17(21(19)23)16-10-5-4-6-11-16;1-16(2,3)17-14-10-6-4-8-12(14)13-9-5-7-11-15(13)17;1-9-7-5-6-8-10(9)11(2,3)4;1-8-7-11-6-5-9(8)10(2,3)4/h4-19H,1-3H3;4-15H,1-3H3;4-11H,1-3H3;5-8H,1-4H3;5-7H,1-4H3. The quantitative estimate of drug-likeness (QED) is 0.173. The number of fused-ring (bicyclic) bond motifs is 9. The summed E-state index contributed by atoms with van der Waals surface area (Å²) >= 11 is 0. The third-order valence-electron chi connectivity index (χ3n) is 17.1. The minimum absolute atomic E-state index is 0.0201. The lowest BCUT2D eigenvalue weighted by Gasteiger charge is -2.26. The lowest BCUT2D eigenvalue weighted by molar-refractivity contribution is 0.423. The summed E-state index contributed by atoms with van der Waals surface area (Å²) < 4.78 is 7.46. The first-order chi connectivity index (χ1) is 43.2. The van der Waals surface area contributed by atoms with E-state index in [0.717, 1.165) is 0 Å². The van der Waals surface area contributed by atoms with Crippen molar-refractivity contribution in [2.24, 2.45) is 0 Å². The number of pyridine rings is 1. The molecule has 14 aromatic rings. The number of aryl methyl sites for hydroxylation is 2. The summed E-state index contributed by atoms with van der Waals surface area (Å²) in [6.07, 6.45) is 3.77. The van der Waals surface area contributed by atoms with Crippen LogP contribution in [0, 0.1) is 13.8 Å². The SMILES string of the molecule is CC(C)(C)n1c2c(-c3ccccc3)cccc2c2cccc(-c3ccccc3)c21.CC(C)(C)n1c2ccccc2c2cccc(-c3ccccc3)c21.CC(C)(C)n1c2ccccc2c2ccccc21.Cc1ccccc1C(C)(C)C.Cc1cnccc1C(C)(C)C. The third kappa shape index (κ3) is 13.9. The van der Waals surface area contributed by atoms with E-state index >= 15 is 0 Å². The molecule has 0 N–H and O–H groups in total. The van der Waals surface area contributed by atoms with Crippen LogP contribution in [-0.4, -0.2) is 18.7 Å². The predicted octanol–water partition coefficient (Wildman–Crippen LogP) is 24.6. The van der Waals surface area contributed by atoms with E-state index in [0.29, 0.717) is 0 Å². The van der Waals surface area contributed by atoms with Crippen molar-refractivity contribution in [1.82, 2.24) is 18.7 Å². The molecule has 0 radical (unpaired) electrons. The molecule has 0 saturated heterocycles. The highest BCUT2D eigenvalue weighted by Gasteiger charge is 2.27. The summed E-state index contributed by atoms with van der Waals surface area (Å²) in [7, 11) is 0.